The molecule has 0 aliphatic heterocycles. The van der Waals surface area contributed by atoms with Crippen LogP contribution in [0.1, 0.15) is 38.5 Å². The van der Waals surface area contributed by atoms with Crippen LogP contribution in [0.25, 0.3) is 27.8 Å². The minimum atomic E-state index is 0.468. The van der Waals surface area contributed by atoms with Crippen molar-refractivity contribution in [3.05, 3.63) is 53.6 Å². The van der Waals surface area contributed by atoms with Crippen molar-refractivity contribution in [1.82, 2.24) is 19.8 Å². The Bertz CT molecular complexity index is 1110. The summed E-state index contributed by atoms with van der Waals surface area (Å²) in [5.41, 5.74) is 3.50. The Hall–Kier alpha value is -2.66. The van der Waals surface area contributed by atoms with E-state index in [9.17, 15) is 0 Å². The Kier molecular flexibility index (Phi) is 4.61. The lowest BCUT2D eigenvalue weighted by Gasteiger charge is -2.18. The molecule has 28 heavy (non-hydrogen) atoms. The third kappa shape index (κ3) is 3.20. The molecule has 0 unspecified atom stereocenters. The molecule has 0 radical (unpaired) electrons. The molecule has 2 aromatic heterocycles. The fraction of sp³-hybridized carbons (Fsp3) is 0.318. The average Bonchev–Trinajstić information content (AvgIpc) is 2.97. The van der Waals surface area contributed by atoms with E-state index in [4.69, 9.17) is 16.6 Å². The maximum atomic E-state index is 6.05. The van der Waals surface area contributed by atoms with E-state index in [0.29, 0.717) is 11.1 Å². The van der Waals surface area contributed by atoms with Crippen LogP contribution in [-0.2, 0) is 0 Å². The van der Waals surface area contributed by atoms with Crippen molar-refractivity contribution in [2.45, 2.75) is 44.6 Å². The lowest BCUT2D eigenvalue weighted by Crippen LogP contribution is -2.19. The summed E-state index contributed by atoms with van der Waals surface area (Å²) in [7, 11) is 0. The van der Waals surface area contributed by atoms with Crippen LogP contribution in [0.15, 0.2) is 48.5 Å². The van der Waals surface area contributed by atoms with E-state index in [0.717, 1.165) is 33.6 Å². The molecule has 1 fully saturated rings. The van der Waals surface area contributed by atoms with Gasteiger partial charge in [-0.1, -0.05) is 66.8 Å². The van der Waals surface area contributed by atoms with Crippen LogP contribution in [0, 0.1) is 0 Å². The molecule has 142 valence electrons. The first-order valence-corrected chi connectivity index (χ1v) is 10.3. The first-order chi connectivity index (χ1) is 13.8. The van der Waals surface area contributed by atoms with Crippen LogP contribution in [0.4, 0.5) is 5.82 Å². The van der Waals surface area contributed by atoms with Gasteiger partial charge in [-0.05, 0) is 37.1 Å². The maximum Gasteiger partial charge on any atom is 0.186 e. The van der Waals surface area contributed by atoms with Gasteiger partial charge in [-0.25, -0.2) is 4.98 Å². The van der Waals surface area contributed by atoms with E-state index >= 15 is 0 Å². The van der Waals surface area contributed by atoms with Gasteiger partial charge in [0.1, 0.15) is 11.5 Å². The van der Waals surface area contributed by atoms with Crippen molar-refractivity contribution in [2.75, 3.05) is 5.32 Å². The van der Waals surface area contributed by atoms with Gasteiger partial charge in [0.15, 0.2) is 5.65 Å². The monoisotopic (exact) mass is 391 g/mol. The molecule has 5 nitrogen and oxygen atoms in total. The Morgan fingerprint density at radius 1 is 0.929 bits per heavy atom. The number of anilines is 1. The van der Waals surface area contributed by atoms with Gasteiger partial charge in [-0.2, -0.15) is 4.52 Å². The Balaban J connectivity index is 1.65. The molecule has 1 N–H and O–H groups in total. The van der Waals surface area contributed by atoms with Crippen LogP contribution in [0.3, 0.4) is 0 Å². The summed E-state index contributed by atoms with van der Waals surface area (Å²) >= 11 is 6.05. The highest BCUT2D eigenvalue weighted by Gasteiger charge is 2.18. The second-order valence-electron chi connectivity index (χ2n) is 7.49. The zero-order valence-electron chi connectivity index (χ0n) is 15.6. The molecule has 1 aliphatic carbocycles. The summed E-state index contributed by atoms with van der Waals surface area (Å²) in [6.07, 6.45) is 7.62. The number of nitrogens with one attached hydrogen (secondary N) is 1. The van der Waals surface area contributed by atoms with Gasteiger partial charge in [-0.3, -0.25) is 0 Å². The molecule has 2 aromatic carbocycles. The van der Waals surface area contributed by atoms with E-state index in [1.165, 1.54) is 38.5 Å². The fourth-order valence-corrected chi connectivity index (χ4v) is 4.21. The summed E-state index contributed by atoms with van der Waals surface area (Å²) in [6.45, 7) is 0. The number of hydrogen-bond acceptors (Lipinski definition) is 4. The molecule has 2 heterocycles. The first kappa shape index (κ1) is 17.4. The molecule has 0 amide bonds. The van der Waals surface area contributed by atoms with E-state index in [2.05, 4.69) is 27.8 Å². The van der Waals surface area contributed by atoms with Crippen LogP contribution in [0.5, 0.6) is 0 Å². The third-order valence-electron chi connectivity index (χ3n) is 5.57. The zero-order chi connectivity index (χ0) is 18.9. The van der Waals surface area contributed by atoms with Crippen molar-refractivity contribution < 1.29 is 0 Å². The van der Waals surface area contributed by atoms with Crippen molar-refractivity contribution in [1.29, 1.82) is 0 Å². The Labute approximate surface area is 168 Å². The van der Waals surface area contributed by atoms with Gasteiger partial charge in [0.25, 0.3) is 0 Å². The minimum Gasteiger partial charge on any atom is -0.367 e. The van der Waals surface area contributed by atoms with Crippen molar-refractivity contribution in [3.63, 3.8) is 0 Å². The lowest BCUT2D eigenvalue weighted by atomic mass is 10.1. The molecule has 5 rings (SSSR count). The third-order valence-corrected chi connectivity index (χ3v) is 5.82. The lowest BCUT2D eigenvalue weighted by molar-refractivity contribution is 0.618. The topological polar surface area (TPSA) is 55.1 Å². The summed E-state index contributed by atoms with van der Waals surface area (Å²) < 4.78 is 1.83. The Morgan fingerprint density at radius 2 is 1.68 bits per heavy atom. The molecular formula is C22H22ClN5. The standard InChI is InChI=1S/C22H22ClN5/c23-16-13-11-15(12-14-16)20-22-25-21(24-17-7-3-1-2-4-8-17)18-9-5-6-10-19(18)28(22)27-26-20/h5-6,9-14,17H,1-4,7-8H2,(H,24,25). The van der Waals surface area contributed by atoms with Crippen molar-refractivity contribution in [2.24, 2.45) is 0 Å². The van der Waals surface area contributed by atoms with Gasteiger partial charge in [0, 0.05) is 22.0 Å². The second kappa shape index (κ2) is 7.40. The van der Waals surface area contributed by atoms with Gasteiger partial charge in [0.05, 0.1) is 5.52 Å². The minimum absolute atomic E-state index is 0.468. The number of fused-ring (bicyclic) bond motifs is 3. The average molecular weight is 392 g/mol. The highest BCUT2D eigenvalue weighted by Crippen LogP contribution is 2.30. The van der Waals surface area contributed by atoms with Gasteiger partial charge < -0.3 is 5.32 Å². The highest BCUT2D eigenvalue weighted by molar-refractivity contribution is 6.30. The van der Waals surface area contributed by atoms with Gasteiger partial charge in [-0.15, -0.1) is 5.10 Å². The van der Waals surface area contributed by atoms with Crippen LogP contribution in [-0.4, -0.2) is 25.9 Å². The van der Waals surface area contributed by atoms with Crippen LogP contribution >= 0.6 is 11.6 Å². The number of halogens is 1. The molecule has 4 aromatic rings. The summed E-state index contributed by atoms with van der Waals surface area (Å²) in [6, 6.07) is 16.4. The van der Waals surface area contributed by atoms with Crippen LogP contribution < -0.4 is 5.32 Å². The van der Waals surface area contributed by atoms with Gasteiger partial charge >= 0.3 is 0 Å². The molecule has 0 bridgehead atoms. The highest BCUT2D eigenvalue weighted by atomic mass is 35.5. The molecule has 1 saturated carbocycles. The van der Waals surface area contributed by atoms with Crippen molar-refractivity contribution in [3.8, 4) is 11.3 Å². The molecule has 1 aliphatic rings. The summed E-state index contributed by atoms with van der Waals surface area (Å²) in [5.74, 6) is 0.924. The largest absolute Gasteiger partial charge is 0.367 e. The zero-order valence-corrected chi connectivity index (χ0v) is 16.4. The number of nitrogens with zero attached hydrogens (tertiary/aromatic N) is 4. The Morgan fingerprint density at radius 3 is 2.46 bits per heavy atom. The number of benzene rings is 2. The quantitative estimate of drug-likeness (QED) is 0.453. The summed E-state index contributed by atoms with van der Waals surface area (Å²) in [5, 5.41) is 14.3. The van der Waals surface area contributed by atoms with E-state index in [1.807, 2.05) is 40.9 Å². The van der Waals surface area contributed by atoms with Gasteiger partial charge in [0.2, 0.25) is 0 Å². The second-order valence-corrected chi connectivity index (χ2v) is 7.93. The molecule has 0 saturated heterocycles. The summed E-state index contributed by atoms with van der Waals surface area (Å²) in [4.78, 5) is 4.98. The predicted octanol–water partition coefficient (Wildman–Crippen LogP) is 5.73. The van der Waals surface area contributed by atoms with E-state index < -0.39 is 0 Å². The number of para-hydroxylation sites is 1. The van der Waals surface area contributed by atoms with E-state index in [1.54, 1.807) is 0 Å². The molecular weight excluding hydrogens is 370 g/mol. The SMILES string of the molecule is Clc1ccc(-c2nnn3c2nc(NC2CCCCCC2)c2ccccc23)cc1. The maximum absolute atomic E-state index is 6.05. The van der Waals surface area contributed by atoms with E-state index in [-0.39, 0.29) is 0 Å². The first-order valence-electron chi connectivity index (χ1n) is 9.96. The molecule has 0 atom stereocenters. The number of hydrogen-bond donors (Lipinski definition) is 1. The molecule has 6 heteroatoms. The number of rotatable bonds is 3. The number of aromatic nitrogens is 4. The normalized spacial score (nSPS) is 15.8. The fourth-order valence-electron chi connectivity index (χ4n) is 4.09. The smallest absolute Gasteiger partial charge is 0.186 e. The van der Waals surface area contributed by atoms with Crippen LogP contribution in [0.2, 0.25) is 5.02 Å². The predicted molar refractivity (Wildman–Crippen MR) is 114 cm³/mol. The van der Waals surface area contributed by atoms with Crippen molar-refractivity contribution >= 4 is 34.0 Å². The molecule has 0 spiro atoms.